The first-order valence-corrected chi connectivity index (χ1v) is 10.4. The van der Waals surface area contributed by atoms with Gasteiger partial charge in [0.1, 0.15) is 22.0 Å². The van der Waals surface area contributed by atoms with Crippen LogP contribution in [-0.4, -0.2) is 18.8 Å². The molecule has 2 heterocycles. The lowest BCUT2D eigenvalue weighted by Gasteiger charge is -2.23. The number of nitrogens with zero attached hydrogens (tertiary/aromatic N) is 3. The van der Waals surface area contributed by atoms with Crippen molar-refractivity contribution >= 4 is 28.8 Å². The third kappa shape index (κ3) is 3.24. The number of nitrogens with two attached hydrogens (primary N) is 1. The van der Waals surface area contributed by atoms with Gasteiger partial charge in [0.05, 0.1) is 48.0 Å². The molecule has 1 atom stereocenters. The van der Waals surface area contributed by atoms with E-state index >= 15 is 0 Å². The number of nitriles is 2. The van der Waals surface area contributed by atoms with E-state index in [1.165, 1.54) is 11.7 Å². The molecule has 0 spiro atoms. The van der Waals surface area contributed by atoms with E-state index in [2.05, 4.69) is 12.1 Å². The number of allylic oxidation sites excluding steroid dienone is 1. The van der Waals surface area contributed by atoms with Gasteiger partial charge in [0.2, 0.25) is 0 Å². The minimum Gasteiger partial charge on any atom is -0.496 e. The van der Waals surface area contributed by atoms with Gasteiger partial charge >= 0.3 is 0 Å². The van der Waals surface area contributed by atoms with Gasteiger partial charge in [-0.05, 0) is 18.2 Å². The Bertz CT molecular complexity index is 1520. The van der Waals surface area contributed by atoms with E-state index in [0.717, 1.165) is 11.3 Å². The number of aromatic nitrogens is 1. The van der Waals surface area contributed by atoms with Gasteiger partial charge in [-0.2, -0.15) is 10.5 Å². The van der Waals surface area contributed by atoms with Gasteiger partial charge in [0.25, 0.3) is 5.56 Å². The lowest BCUT2D eigenvalue weighted by Crippen LogP contribution is -2.38. The first kappa shape index (κ1) is 21.0. The molecule has 0 amide bonds. The van der Waals surface area contributed by atoms with E-state index in [9.17, 15) is 15.3 Å². The van der Waals surface area contributed by atoms with Gasteiger partial charge in [0, 0.05) is 11.1 Å². The van der Waals surface area contributed by atoms with Crippen LogP contribution in [0.2, 0.25) is 0 Å². The maximum absolute atomic E-state index is 13.2. The molecule has 7 nitrogen and oxygen atoms in total. The molecule has 0 saturated carbocycles. The standard InChI is InChI=1S/C24H18N4O3S/c1-30-18-9-5-3-7-14(18)11-20-23(29)28-22(27)16(12-25)21(17(13-26)24(28)32-20)15-8-4-6-10-19(15)31-2/h3-11,21H,27H2,1-2H3/t21-/m1/s1. The van der Waals surface area contributed by atoms with Gasteiger partial charge in [-0.25, -0.2) is 0 Å². The molecule has 1 aliphatic heterocycles. The molecule has 0 radical (unpaired) electrons. The Hall–Kier alpha value is -4.27. The molecule has 2 N–H and O–H groups in total. The highest BCUT2D eigenvalue weighted by Crippen LogP contribution is 2.39. The maximum Gasteiger partial charge on any atom is 0.274 e. The minimum absolute atomic E-state index is 0.0123. The topological polar surface area (TPSA) is 114 Å². The lowest BCUT2D eigenvalue weighted by molar-refractivity contribution is 0.409. The van der Waals surface area contributed by atoms with Crippen LogP contribution in [0.4, 0.5) is 0 Å². The zero-order chi connectivity index (χ0) is 22.8. The summed E-state index contributed by atoms with van der Waals surface area (Å²) in [5.74, 6) is 0.413. The van der Waals surface area contributed by atoms with Gasteiger partial charge in [-0.3, -0.25) is 9.36 Å². The highest BCUT2D eigenvalue weighted by atomic mass is 32.1. The number of hydrogen-bond donors (Lipinski definition) is 1. The summed E-state index contributed by atoms with van der Waals surface area (Å²) in [7, 11) is 3.08. The first-order chi connectivity index (χ1) is 15.5. The fourth-order valence-corrected chi connectivity index (χ4v) is 4.91. The van der Waals surface area contributed by atoms with Crippen molar-refractivity contribution in [2.75, 3.05) is 14.2 Å². The second-order valence-electron chi connectivity index (χ2n) is 6.91. The Morgan fingerprint density at radius 1 is 1.00 bits per heavy atom. The summed E-state index contributed by atoms with van der Waals surface area (Å²) < 4.78 is 12.8. The predicted molar refractivity (Wildman–Crippen MR) is 122 cm³/mol. The molecule has 0 unspecified atom stereocenters. The van der Waals surface area contributed by atoms with Gasteiger partial charge in [0.15, 0.2) is 0 Å². The molecule has 0 aliphatic carbocycles. The summed E-state index contributed by atoms with van der Waals surface area (Å²) in [4.78, 5) is 13.2. The fourth-order valence-electron chi connectivity index (χ4n) is 3.79. The highest BCUT2D eigenvalue weighted by molar-refractivity contribution is 7.07. The average Bonchev–Trinajstić information content (AvgIpc) is 3.15. The van der Waals surface area contributed by atoms with Crippen LogP contribution >= 0.6 is 11.3 Å². The predicted octanol–water partition coefficient (Wildman–Crippen LogP) is 1.88. The van der Waals surface area contributed by atoms with E-state index in [-0.39, 0.29) is 17.0 Å². The van der Waals surface area contributed by atoms with Crippen molar-refractivity contribution in [1.29, 1.82) is 10.5 Å². The van der Waals surface area contributed by atoms with E-state index in [0.29, 0.717) is 31.8 Å². The number of methoxy groups -OCH3 is 2. The molecule has 4 rings (SSSR count). The summed E-state index contributed by atoms with van der Waals surface area (Å²) in [6, 6.07) is 18.8. The van der Waals surface area contributed by atoms with Crippen molar-refractivity contribution in [3.63, 3.8) is 0 Å². The van der Waals surface area contributed by atoms with Crippen LogP contribution in [0.5, 0.6) is 11.5 Å². The maximum atomic E-state index is 13.2. The second kappa shape index (κ2) is 8.46. The molecule has 2 aromatic carbocycles. The molecule has 32 heavy (non-hydrogen) atoms. The van der Waals surface area contributed by atoms with Crippen LogP contribution < -0.4 is 30.0 Å². The average molecular weight is 443 g/mol. The molecule has 3 aromatic rings. The molecule has 1 aliphatic rings. The molecule has 1 aromatic heterocycles. The quantitative estimate of drug-likeness (QED) is 0.660. The zero-order valence-corrected chi connectivity index (χ0v) is 18.1. The van der Waals surface area contributed by atoms with Crippen LogP contribution in [0.15, 0.2) is 58.9 Å². The normalized spacial score (nSPS) is 15.7. The highest BCUT2D eigenvalue weighted by Gasteiger charge is 2.33. The third-order valence-corrected chi connectivity index (χ3v) is 6.37. The minimum atomic E-state index is -0.738. The number of ether oxygens (including phenoxy) is 2. The van der Waals surface area contributed by atoms with Crippen LogP contribution in [-0.2, 0) is 0 Å². The van der Waals surface area contributed by atoms with E-state index in [4.69, 9.17) is 15.2 Å². The van der Waals surface area contributed by atoms with E-state index in [1.807, 2.05) is 18.2 Å². The van der Waals surface area contributed by atoms with Crippen LogP contribution in [0.25, 0.3) is 17.5 Å². The summed E-state index contributed by atoms with van der Waals surface area (Å²) >= 11 is 1.15. The van der Waals surface area contributed by atoms with Crippen molar-refractivity contribution in [1.82, 2.24) is 4.57 Å². The number of fused-ring (bicyclic) bond motifs is 1. The van der Waals surface area contributed by atoms with Crippen LogP contribution in [0.1, 0.15) is 17.0 Å². The van der Waals surface area contributed by atoms with Gasteiger partial charge < -0.3 is 15.2 Å². The second-order valence-corrected chi connectivity index (χ2v) is 7.94. The summed E-state index contributed by atoms with van der Waals surface area (Å²) in [6.45, 7) is 0. The van der Waals surface area contributed by atoms with Crippen molar-refractivity contribution < 1.29 is 9.47 Å². The molecular weight excluding hydrogens is 424 g/mol. The van der Waals surface area contributed by atoms with E-state index in [1.54, 1.807) is 43.5 Å². The van der Waals surface area contributed by atoms with Gasteiger partial charge in [-0.1, -0.05) is 36.4 Å². The molecular formula is C24H18N4O3S. The van der Waals surface area contributed by atoms with Gasteiger partial charge in [-0.15, -0.1) is 11.3 Å². The number of benzene rings is 2. The fraction of sp³-hybridized carbons (Fsp3) is 0.125. The Morgan fingerprint density at radius 3 is 2.28 bits per heavy atom. The molecule has 8 heteroatoms. The Balaban J connectivity index is 2.08. The number of para-hydroxylation sites is 2. The zero-order valence-electron chi connectivity index (χ0n) is 17.3. The number of thiazole rings is 1. The number of rotatable bonds is 4. The summed E-state index contributed by atoms with van der Waals surface area (Å²) in [5.41, 5.74) is 7.67. The third-order valence-electron chi connectivity index (χ3n) is 5.26. The van der Waals surface area contributed by atoms with Crippen LogP contribution in [0, 0.1) is 22.7 Å². The number of hydrogen-bond acceptors (Lipinski definition) is 7. The Kier molecular flexibility index (Phi) is 5.55. The lowest BCUT2D eigenvalue weighted by atomic mass is 9.84. The Morgan fingerprint density at radius 2 is 1.62 bits per heavy atom. The monoisotopic (exact) mass is 442 g/mol. The van der Waals surface area contributed by atoms with Crippen molar-refractivity contribution in [2.45, 2.75) is 5.92 Å². The SMILES string of the molecule is COc1ccccc1C=c1sc2n(c1=O)C(N)=C(C#N)[C@@H](c1ccccc1OC)C=2C#N. The van der Waals surface area contributed by atoms with Crippen molar-refractivity contribution in [3.05, 3.63) is 84.8 Å². The molecule has 0 saturated heterocycles. The van der Waals surface area contributed by atoms with Crippen molar-refractivity contribution in [2.24, 2.45) is 5.73 Å². The smallest absolute Gasteiger partial charge is 0.274 e. The van der Waals surface area contributed by atoms with Crippen molar-refractivity contribution in [3.8, 4) is 23.6 Å². The van der Waals surface area contributed by atoms with Crippen LogP contribution in [0.3, 0.4) is 0 Å². The largest absolute Gasteiger partial charge is 0.496 e. The summed E-state index contributed by atoms with van der Waals surface area (Å²) in [6.07, 6.45) is 1.70. The molecule has 0 fully saturated rings. The first-order valence-electron chi connectivity index (χ1n) is 9.59. The summed E-state index contributed by atoms with van der Waals surface area (Å²) in [5, 5.41) is 20.0. The van der Waals surface area contributed by atoms with E-state index < -0.39 is 11.5 Å². The molecule has 0 bridgehead atoms. The molecule has 158 valence electrons. The Labute approximate surface area is 187 Å².